The number of nitrogens with two attached hydrogens (primary N) is 1. The maximum absolute atomic E-state index is 11.2. The van der Waals surface area contributed by atoms with Gasteiger partial charge in [-0.2, -0.15) is 0 Å². The van der Waals surface area contributed by atoms with Gasteiger partial charge in [0.2, 0.25) is 0 Å². The molecule has 0 saturated heterocycles. The number of nitrogens with one attached hydrogen (secondary N) is 1. The number of rotatable bonds is 3. The molecular formula is C9H12N2O2. The number of hydrogen-bond acceptors (Lipinski definition) is 3. The smallest absolute Gasteiger partial charge is 0.265 e. The Kier molecular flexibility index (Phi) is 3.42. The van der Waals surface area contributed by atoms with Gasteiger partial charge >= 0.3 is 0 Å². The molecular weight excluding hydrogens is 168 g/mol. The van der Waals surface area contributed by atoms with E-state index in [4.69, 9.17) is 5.73 Å². The maximum atomic E-state index is 11.2. The lowest BCUT2D eigenvalue weighted by molar-refractivity contribution is -0.132. The van der Waals surface area contributed by atoms with Gasteiger partial charge in [0.15, 0.2) is 0 Å². The summed E-state index contributed by atoms with van der Waals surface area (Å²) in [4.78, 5) is 15.6. The molecule has 1 unspecified atom stereocenters. The van der Waals surface area contributed by atoms with Crippen LogP contribution in [-0.4, -0.2) is 13.0 Å². The van der Waals surface area contributed by atoms with Gasteiger partial charge in [-0.1, -0.05) is 30.3 Å². The molecule has 0 radical (unpaired) electrons. The Hall–Kier alpha value is -1.39. The molecule has 0 heterocycles. The van der Waals surface area contributed by atoms with Crippen molar-refractivity contribution >= 4 is 5.91 Å². The van der Waals surface area contributed by atoms with Crippen LogP contribution in [0.15, 0.2) is 30.3 Å². The molecule has 0 aromatic heterocycles. The van der Waals surface area contributed by atoms with E-state index in [0.717, 1.165) is 5.56 Å². The standard InChI is InChI=1S/C9H12N2O2/c1-13-11-9(12)8(10)7-5-3-2-4-6-7/h2-6,8H,10H2,1H3,(H,11,12). The Bertz CT molecular complexity index is 274. The summed E-state index contributed by atoms with van der Waals surface area (Å²) in [7, 11) is 1.37. The maximum Gasteiger partial charge on any atom is 0.265 e. The molecule has 1 aromatic rings. The van der Waals surface area contributed by atoms with Crippen molar-refractivity contribution in [1.29, 1.82) is 0 Å². The molecule has 0 aliphatic rings. The minimum absolute atomic E-state index is 0.353. The zero-order valence-corrected chi connectivity index (χ0v) is 7.36. The summed E-state index contributed by atoms with van der Waals surface area (Å²) in [5.41, 5.74) is 8.57. The SMILES string of the molecule is CONC(=O)C(N)c1ccccc1. The second kappa shape index (κ2) is 4.59. The normalized spacial score (nSPS) is 12.2. The fraction of sp³-hybridized carbons (Fsp3) is 0.222. The molecule has 70 valence electrons. The van der Waals surface area contributed by atoms with E-state index in [9.17, 15) is 4.79 Å². The summed E-state index contributed by atoms with van der Waals surface area (Å²) < 4.78 is 0. The second-order valence-corrected chi connectivity index (χ2v) is 2.56. The van der Waals surface area contributed by atoms with Crippen LogP contribution in [0.25, 0.3) is 0 Å². The van der Waals surface area contributed by atoms with Gasteiger partial charge in [-0.15, -0.1) is 0 Å². The average molecular weight is 180 g/mol. The monoisotopic (exact) mass is 180 g/mol. The van der Waals surface area contributed by atoms with Crippen molar-refractivity contribution in [2.45, 2.75) is 6.04 Å². The van der Waals surface area contributed by atoms with Gasteiger partial charge in [0, 0.05) is 0 Å². The first kappa shape index (κ1) is 9.70. The third-order valence-corrected chi connectivity index (χ3v) is 1.64. The highest BCUT2D eigenvalue weighted by atomic mass is 16.6. The van der Waals surface area contributed by atoms with Crippen LogP contribution < -0.4 is 11.2 Å². The first-order valence-corrected chi connectivity index (χ1v) is 3.89. The molecule has 13 heavy (non-hydrogen) atoms. The van der Waals surface area contributed by atoms with Gasteiger partial charge < -0.3 is 5.73 Å². The van der Waals surface area contributed by atoms with Gasteiger partial charge in [0.1, 0.15) is 6.04 Å². The van der Waals surface area contributed by atoms with Crippen LogP contribution in [0.2, 0.25) is 0 Å². The lowest BCUT2D eigenvalue weighted by Crippen LogP contribution is -2.33. The Labute approximate surface area is 76.6 Å². The number of carbonyl (C=O) groups excluding carboxylic acids is 1. The molecule has 3 N–H and O–H groups in total. The summed E-state index contributed by atoms with van der Waals surface area (Å²) >= 11 is 0. The average Bonchev–Trinajstić information content (AvgIpc) is 2.18. The number of hydrogen-bond donors (Lipinski definition) is 2. The highest BCUT2D eigenvalue weighted by Gasteiger charge is 2.14. The van der Waals surface area contributed by atoms with Gasteiger partial charge in [-0.05, 0) is 5.56 Å². The zero-order valence-electron chi connectivity index (χ0n) is 7.36. The largest absolute Gasteiger partial charge is 0.316 e. The van der Waals surface area contributed by atoms with Crippen molar-refractivity contribution in [1.82, 2.24) is 5.48 Å². The molecule has 0 bridgehead atoms. The number of carbonyl (C=O) groups is 1. The Morgan fingerprint density at radius 1 is 1.46 bits per heavy atom. The van der Waals surface area contributed by atoms with Crippen LogP contribution in [0.4, 0.5) is 0 Å². The minimum atomic E-state index is -0.679. The van der Waals surface area contributed by atoms with E-state index in [1.807, 2.05) is 18.2 Å². The fourth-order valence-corrected chi connectivity index (χ4v) is 0.976. The van der Waals surface area contributed by atoms with E-state index in [2.05, 4.69) is 10.3 Å². The van der Waals surface area contributed by atoms with Crippen molar-refractivity contribution in [2.24, 2.45) is 5.73 Å². The molecule has 4 heteroatoms. The van der Waals surface area contributed by atoms with Crippen LogP contribution >= 0.6 is 0 Å². The highest BCUT2D eigenvalue weighted by molar-refractivity contribution is 5.81. The van der Waals surface area contributed by atoms with Gasteiger partial charge in [0.25, 0.3) is 5.91 Å². The minimum Gasteiger partial charge on any atom is -0.316 e. The Balaban J connectivity index is 2.68. The summed E-state index contributed by atoms with van der Waals surface area (Å²) in [5.74, 6) is -0.353. The molecule has 0 fully saturated rings. The van der Waals surface area contributed by atoms with E-state index in [1.165, 1.54) is 7.11 Å². The van der Waals surface area contributed by atoms with E-state index in [0.29, 0.717) is 0 Å². The van der Waals surface area contributed by atoms with Crippen LogP contribution in [0.1, 0.15) is 11.6 Å². The van der Waals surface area contributed by atoms with Crippen LogP contribution in [0.5, 0.6) is 0 Å². The highest BCUT2D eigenvalue weighted by Crippen LogP contribution is 2.08. The van der Waals surface area contributed by atoms with Crippen molar-refractivity contribution in [2.75, 3.05) is 7.11 Å². The molecule has 0 aliphatic carbocycles. The molecule has 0 spiro atoms. The van der Waals surface area contributed by atoms with Crippen molar-refractivity contribution in [3.05, 3.63) is 35.9 Å². The van der Waals surface area contributed by atoms with E-state index < -0.39 is 6.04 Å². The third-order valence-electron chi connectivity index (χ3n) is 1.64. The predicted octanol–water partition coefficient (Wildman–Crippen LogP) is 0.364. The topological polar surface area (TPSA) is 64.3 Å². The van der Waals surface area contributed by atoms with Crippen molar-refractivity contribution in [3.63, 3.8) is 0 Å². The molecule has 0 saturated carbocycles. The van der Waals surface area contributed by atoms with Gasteiger partial charge in [-0.3, -0.25) is 9.63 Å². The van der Waals surface area contributed by atoms with E-state index in [-0.39, 0.29) is 5.91 Å². The van der Waals surface area contributed by atoms with E-state index >= 15 is 0 Å². The van der Waals surface area contributed by atoms with Crippen molar-refractivity contribution < 1.29 is 9.63 Å². The lowest BCUT2D eigenvalue weighted by atomic mass is 10.1. The Morgan fingerprint density at radius 3 is 2.62 bits per heavy atom. The number of amides is 1. The molecule has 1 rings (SSSR count). The fourth-order valence-electron chi connectivity index (χ4n) is 0.976. The molecule has 0 aliphatic heterocycles. The second-order valence-electron chi connectivity index (χ2n) is 2.56. The predicted molar refractivity (Wildman–Crippen MR) is 48.5 cm³/mol. The van der Waals surface area contributed by atoms with E-state index in [1.54, 1.807) is 12.1 Å². The lowest BCUT2D eigenvalue weighted by Gasteiger charge is -2.10. The van der Waals surface area contributed by atoms with Crippen LogP contribution in [0, 0.1) is 0 Å². The van der Waals surface area contributed by atoms with Crippen LogP contribution in [-0.2, 0) is 9.63 Å². The van der Waals surface area contributed by atoms with Crippen molar-refractivity contribution in [3.8, 4) is 0 Å². The Morgan fingerprint density at radius 2 is 2.08 bits per heavy atom. The zero-order chi connectivity index (χ0) is 9.68. The summed E-state index contributed by atoms with van der Waals surface area (Å²) in [5, 5.41) is 0. The summed E-state index contributed by atoms with van der Waals surface area (Å²) in [6.45, 7) is 0. The molecule has 4 nitrogen and oxygen atoms in total. The first-order chi connectivity index (χ1) is 6.25. The molecule has 1 atom stereocenters. The van der Waals surface area contributed by atoms with Gasteiger partial charge in [-0.25, -0.2) is 5.48 Å². The summed E-state index contributed by atoms with van der Waals surface area (Å²) in [6, 6.07) is 8.43. The third kappa shape index (κ3) is 2.54. The summed E-state index contributed by atoms with van der Waals surface area (Å²) in [6.07, 6.45) is 0. The number of benzene rings is 1. The molecule has 1 aromatic carbocycles. The van der Waals surface area contributed by atoms with Gasteiger partial charge in [0.05, 0.1) is 7.11 Å². The molecule has 1 amide bonds. The van der Waals surface area contributed by atoms with Crippen LogP contribution in [0.3, 0.4) is 0 Å². The number of hydroxylamine groups is 1. The first-order valence-electron chi connectivity index (χ1n) is 3.89. The quantitative estimate of drug-likeness (QED) is 0.660.